The first-order valence-corrected chi connectivity index (χ1v) is 8.75. The molecule has 0 atom stereocenters. The van der Waals surface area contributed by atoms with Gasteiger partial charge >= 0.3 is 0 Å². The molecule has 24 heavy (non-hydrogen) atoms. The molecule has 5 heteroatoms. The Labute approximate surface area is 145 Å². The van der Waals surface area contributed by atoms with Crippen molar-refractivity contribution in [1.29, 1.82) is 0 Å². The molecule has 0 bridgehead atoms. The summed E-state index contributed by atoms with van der Waals surface area (Å²) in [6.45, 7) is 1.99. The van der Waals surface area contributed by atoms with Crippen LogP contribution < -0.4 is 5.32 Å². The van der Waals surface area contributed by atoms with Crippen molar-refractivity contribution in [3.63, 3.8) is 0 Å². The fraction of sp³-hybridized carbons (Fsp3) is 0.158. The van der Waals surface area contributed by atoms with Crippen molar-refractivity contribution in [3.05, 3.63) is 78.0 Å². The van der Waals surface area contributed by atoms with Gasteiger partial charge in [-0.2, -0.15) is 0 Å². The summed E-state index contributed by atoms with van der Waals surface area (Å²) in [5, 5.41) is 2.84. The number of thioether (sulfide) groups is 1. The summed E-state index contributed by atoms with van der Waals surface area (Å²) in [5.41, 5.74) is 1.93. The van der Waals surface area contributed by atoms with Gasteiger partial charge in [0, 0.05) is 35.2 Å². The minimum Gasteiger partial charge on any atom is -0.456 e. The van der Waals surface area contributed by atoms with Crippen LogP contribution in [-0.2, 0) is 12.2 Å². The molecule has 2 heterocycles. The summed E-state index contributed by atoms with van der Waals surface area (Å²) in [6.07, 6.45) is 4.42. The molecular weight excluding hydrogens is 320 g/mol. The molecule has 0 saturated heterocycles. The van der Waals surface area contributed by atoms with E-state index in [1.165, 1.54) is 5.56 Å². The molecule has 0 saturated carbocycles. The zero-order valence-corrected chi connectivity index (χ0v) is 14.2. The standard InChI is InChI=1S/C19H18N2O2S/c1-2-16-7-10-18(23-16)19(22)21-15-5-8-17(9-6-15)24-13-14-4-3-11-20-12-14/h3-12H,2,13H2,1H3,(H,21,22). The summed E-state index contributed by atoms with van der Waals surface area (Å²) in [7, 11) is 0. The van der Waals surface area contributed by atoms with E-state index in [4.69, 9.17) is 4.42 Å². The highest BCUT2D eigenvalue weighted by Gasteiger charge is 2.10. The molecule has 0 aliphatic rings. The molecule has 1 aromatic carbocycles. The summed E-state index contributed by atoms with van der Waals surface area (Å²) < 4.78 is 5.46. The number of amides is 1. The van der Waals surface area contributed by atoms with Crippen LogP contribution in [0.25, 0.3) is 0 Å². The minimum atomic E-state index is -0.231. The first-order valence-electron chi connectivity index (χ1n) is 7.76. The van der Waals surface area contributed by atoms with Crippen molar-refractivity contribution in [2.75, 3.05) is 5.32 Å². The van der Waals surface area contributed by atoms with Gasteiger partial charge in [0.25, 0.3) is 5.91 Å². The van der Waals surface area contributed by atoms with Crippen molar-refractivity contribution in [3.8, 4) is 0 Å². The molecule has 0 fully saturated rings. The molecular formula is C19H18N2O2S. The predicted octanol–water partition coefficient (Wildman–Crippen LogP) is 4.78. The molecule has 0 spiro atoms. The molecule has 3 aromatic rings. The van der Waals surface area contributed by atoms with Gasteiger partial charge in [0.15, 0.2) is 5.76 Å². The van der Waals surface area contributed by atoms with E-state index in [0.717, 1.165) is 28.5 Å². The minimum absolute atomic E-state index is 0.231. The summed E-state index contributed by atoms with van der Waals surface area (Å²) in [5.74, 6) is 1.78. The molecule has 1 N–H and O–H groups in total. The van der Waals surface area contributed by atoms with Crippen LogP contribution in [0.4, 0.5) is 5.69 Å². The lowest BCUT2D eigenvalue weighted by atomic mass is 10.3. The Kier molecular flexibility index (Phi) is 5.33. The van der Waals surface area contributed by atoms with Crippen molar-refractivity contribution in [1.82, 2.24) is 4.98 Å². The second-order valence-corrected chi connectivity index (χ2v) is 6.30. The molecule has 4 nitrogen and oxygen atoms in total. The van der Waals surface area contributed by atoms with E-state index in [2.05, 4.69) is 16.4 Å². The molecule has 0 aliphatic heterocycles. The van der Waals surface area contributed by atoms with Crippen LogP contribution in [0.3, 0.4) is 0 Å². The molecule has 0 unspecified atom stereocenters. The van der Waals surface area contributed by atoms with Crippen LogP contribution >= 0.6 is 11.8 Å². The fourth-order valence-electron chi connectivity index (χ4n) is 2.17. The Bertz CT molecular complexity index is 798. The van der Waals surface area contributed by atoms with Crippen molar-refractivity contribution in [2.45, 2.75) is 24.0 Å². The van der Waals surface area contributed by atoms with Gasteiger partial charge in [0.05, 0.1) is 0 Å². The van der Waals surface area contributed by atoms with E-state index in [1.807, 2.05) is 49.5 Å². The third kappa shape index (κ3) is 4.26. The smallest absolute Gasteiger partial charge is 0.291 e. The number of furan rings is 1. The van der Waals surface area contributed by atoms with E-state index >= 15 is 0 Å². The van der Waals surface area contributed by atoms with Crippen LogP contribution in [0.2, 0.25) is 0 Å². The van der Waals surface area contributed by atoms with Crippen LogP contribution in [0.1, 0.15) is 28.8 Å². The molecule has 2 aromatic heterocycles. The SMILES string of the molecule is CCc1ccc(C(=O)Nc2ccc(SCc3cccnc3)cc2)o1. The highest BCUT2D eigenvalue weighted by atomic mass is 32.2. The third-order valence-electron chi connectivity index (χ3n) is 3.47. The zero-order valence-electron chi connectivity index (χ0n) is 13.4. The van der Waals surface area contributed by atoms with Gasteiger partial charge in [0.1, 0.15) is 5.76 Å². The fourth-order valence-corrected chi connectivity index (χ4v) is 3.00. The number of benzene rings is 1. The number of aryl methyl sites for hydroxylation is 1. The predicted molar refractivity (Wildman–Crippen MR) is 96.3 cm³/mol. The maximum atomic E-state index is 12.1. The Morgan fingerprint density at radius 2 is 2.00 bits per heavy atom. The quantitative estimate of drug-likeness (QED) is 0.657. The van der Waals surface area contributed by atoms with Crippen LogP contribution in [0, 0.1) is 0 Å². The lowest BCUT2D eigenvalue weighted by Gasteiger charge is -2.05. The molecule has 122 valence electrons. The number of aromatic nitrogens is 1. The maximum Gasteiger partial charge on any atom is 0.291 e. The lowest BCUT2D eigenvalue weighted by Crippen LogP contribution is -2.10. The normalized spacial score (nSPS) is 10.5. The number of hydrogen-bond donors (Lipinski definition) is 1. The largest absolute Gasteiger partial charge is 0.456 e. The topological polar surface area (TPSA) is 55.1 Å². The highest BCUT2D eigenvalue weighted by molar-refractivity contribution is 7.98. The van der Waals surface area contributed by atoms with Crippen LogP contribution in [0.15, 0.2) is 70.2 Å². The van der Waals surface area contributed by atoms with E-state index in [0.29, 0.717) is 5.76 Å². The van der Waals surface area contributed by atoms with Gasteiger partial charge in [-0.3, -0.25) is 9.78 Å². The van der Waals surface area contributed by atoms with Gasteiger partial charge in [-0.15, -0.1) is 11.8 Å². The summed E-state index contributed by atoms with van der Waals surface area (Å²) in [6, 6.07) is 15.3. The van der Waals surface area contributed by atoms with Gasteiger partial charge in [-0.25, -0.2) is 0 Å². The average Bonchev–Trinajstić information content (AvgIpc) is 3.11. The highest BCUT2D eigenvalue weighted by Crippen LogP contribution is 2.24. The van der Waals surface area contributed by atoms with Gasteiger partial charge in [-0.05, 0) is 48.0 Å². The monoisotopic (exact) mass is 338 g/mol. The molecule has 3 rings (SSSR count). The van der Waals surface area contributed by atoms with Gasteiger partial charge < -0.3 is 9.73 Å². The number of nitrogens with zero attached hydrogens (tertiary/aromatic N) is 1. The number of pyridine rings is 1. The average molecular weight is 338 g/mol. The van der Waals surface area contributed by atoms with Crippen molar-refractivity contribution >= 4 is 23.4 Å². The van der Waals surface area contributed by atoms with E-state index in [9.17, 15) is 4.79 Å². The van der Waals surface area contributed by atoms with E-state index in [1.54, 1.807) is 24.0 Å². The Morgan fingerprint density at radius 1 is 1.17 bits per heavy atom. The second kappa shape index (κ2) is 7.84. The van der Waals surface area contributed by atoms with Crippen molar-refractivity contribution in [2.24, 2.45) is 0 Å². The number of hydrogen-bond acceptors (Lipinski definition) is 4. The van der Waals surface area contributed by atoms with Crippen LogP contribution in [0.5, 0.6) is 0 Å². The Hall–Kier alpha value is -2.53. The first kappa shape index (κ1) is 16.3. The second-order valence-electron chi connectivity index (χ2n) is 5.25. The first-order chi connectivity index (χ1) is 11.7. The van der Waals surface area contributed by atoms with Gasteiger partial charge in [-0.1, -0.05) is 13.0 Å². The van der Waals surface area contributed by atoms with E-state index < -0.39 is 0 Å². The van der Waals surface area contributed by atoms with Gasteiger partial charge in [0.2, 0.25) is 0 Å². The molecule has 0 aliphatic carbocycles. The summed E-state index contributed by atoms with van der Waals surface area (Å²) in [4.78, 5) is 17.4. The summed E-state index contributed by atoms with van der Waals surface area (Å²) >= 11 is 1.73. The number of carbonyl (C=O) groups excluding carboxylic acids is 1. The third-order valence-corrected chi connectivity index (χ3v) is 4.56. The molecule has 1 amide bonds. The Morgan fingerprint density at radius 3 is 2.67 bits per heavy atom. The Balaban J connectivity index is 1.57. The van der Waals surface area contributed by atoms with Crippen molar-refractivity contribution < 1.29 is 9.21 Å². The van der Waals surface area contributed by atoms with Crippen LogP contribution in [-0.4, -0.2) is 10.9 Å². The number of carbonyl (C=O) groups is 1. The number of rotatable bonds is 6. The number of anilines is 1. The number of nitrogens with one attached hydrogen (secondary N) is 1. The zero-order chi connectivity index (χ0) is 16.8. The maximum absolute atomic E-state index is 12.1. The molecule has 0 radical (unpaired) electrons. The lowest BCUT2D eigenvalue weighted by molar-refractivity contribution is 0.0995. The van der Waals surface area contributed by atoms with E-state index in [-0.39, 0.29) is 5.91 Å².